The van der Waals surface area contributed by atoms with E-state index in [-0.39, 0.29) is 17.0 Å². The Hall–Kier alpha value is -2.54. The minimum absolute atomic E-state index is 0.0572. The lowest BCUT2D eigenvalue weighted by atomic mass is 10.2. The molecule has 2 rings (SSSR count). The summed E-state index contributed by atoms with van der Waals surface area (Å²) in [6, 6.07) is 10.5. The minimum atomic E-state index is -1.21. The van der Waals surface area contributed by atoms with Crippen LogP contribution in [-0.2, 0) is 0 Å². The highest BCUT2D eigenvalue weighted by Crippen LogP contribution is 2.34. The van der Waals surface area contributed by atoms with E-state index in [0.29, 0.717) is 5.75 Å². The summed E-state index contributed by atoms with van der Waals surface area (Å²) in [5.41, 5.74) is -0.354. The Kier molecular flexibility index (Phi) is 4.44. The molecule has 0 fully saturated rings. The van der Waals surface area contributed by atoms with Gasteiger partial charge < -0.3 is 9.84 Å². The molecule has 0 amide bonds. The molecule has 6 nitrogen and oxygen atoms in total. The first-order valence-corrected chi connectivity index (χ1v) is 7.08. The third kappa shape index (κ3) is 3.32. The van der Waals surface area contributed by atoms with Crippen LogP contribution >= 0.6 is 11.8 Å². The molecule has 1 N–H and O–H groups in total. The second-order valence-corrected chi connectivity index (χ2v) is 4.84. The number of rotatable bonds is 5. The van der Waals surface area contributed by atoms with Crippen molar-refractivity contribution in [3.8, 4) is 11.5 Å². The molecule has 0 unspecified atom stereocenters. The van der Waals surface area contributed by atoms with Gasteiger partial charge in [-0.05, 0) is 24.5 Å². The second-order valence-electron chi connectivity index (χ2n) is 4.00. The normalized spacial score (nSPS) is 10.1. The van der Waals surface area contributed by atoms with Crippen LogP contribution in [0.3, 0.4) is 0 Å². The van der Waals surface area contributed by atoms with Gasteiger partial charge in [-0.2, -0.15) is 0 Å². The standard InChI is InChI=1S/C14H11NO5S/c1-21-13-5-3-2-4-11(13)20-12-8-9(15(18)19)6-7-10(12)14(16)17/h2-8H,1H3,(H,16,17). The third-order valence-corrected chi connectivity index (χ3v) is 3.47. The molecule has 0 radical (unpaired) electrons. The van der Waals surface area contributed by atoms with Gasteiger partial charge in [-0.15, -0.1) is 11.8 Å². The van der Waals surface area contributed by atoms with Gasteiger partial charge in [0, 0.05) is 11.0 Å². The number of non-ortho nitro benzene ring substituents is 1. The monoisotopic (exact) mass is 305 g/mol. The topological polar surface area (TPSA) is 89.7 Å². The number of nitro groups is 1. The van der Waals surface area contributed by atoms with E-state index in [4.69, 9.17) is 9.84 Å². The Morgan fingerprint density at radius 1 is 1.24 bits per heavy atom. The summed E-state index contributed by atoms with van der Waals surface area (Å²) in [4.78, 5) is 22.2. The molecular weight excluding hydrogens is 294 g/mol. The van der Waals surface area contributed by atoms with Crippen molar-refractivity contribution in [1.82, 2.24) is 0 Å². The molecule has 21 heavy (non-hydrogen) atoms. The Balaban J connectivity index is 2.48. The first kappa shape index (κ1) is 14.9. The fourth-order valence-electron chi connectivity index (χ4n) is 1.71. The van der Waals surface area contributed by atoms with E-state index in [1.165, 1.54) is 11.8 Å². The first-order chi connectivity index (χ1) is 10.0. The van der Waals surface area contributed by atoms with Gasteiger partial charge >= 0.3 is 5.97 Å². The largest absolute Gasteiger partial charge is 0.478 e. The maximum absolute atomic E-state index is 11.2. The van der Waals surface area contributed by atoms with Crippen LogP contribution in [0.5, 0.6) is 11.5 Å². The minimum Gasteiger partial charge on any atom is -0.478 e. The number of hydrogen-bond acceptors (Lipinski definition) is 5. The number of nitro benzene ring substituents is 1. The first-order valence-electron chi connectivity index (χ1n) is 5.85. The van der Waals surface area contributed by atoms with Crippen LogP contribution in [0.2, 0.25) is 0 Å². The van der Waals surface area contributed by atoms with E-state index >= 15 is 0 Å². The van der Waals surface area contributed by atoms with Crippen molar-refractivity contribution >= 4 is 23.4 Å². The summed E-state index contributed by atoms with van der Waals surface area (Å²) < 4.78 is 5.58. The van der Waals surface area contributed by atoms with Crippen LogP contribution in [0.25, 0.3) is 0 Å². The SMILES string of the molecule is CSc1ccccc1Oc1cc([N+](=O)[O-])ccc1C(=O)O. The van der Waals surface area contributed by atoms with E-state index in [0.717, 1.165) is 23.1 Å². The van der Waals surface area contributed by atoms with Gasteiger partial charge in [-0.25, -0.2) is 4.79 Å². The quantitative estimate of drug-likeness (QED) is 0.513. The summed E-state index contributed by atoms with van der Waals surface area (Å²) in [5.74, 6) is -0.812. The molecule has 2 aromatic rings. The Morgan fingerprint density at radius 2 is 1.95 bits per heavy atom. The van der Waals surface area contributed by atoms with Crippen LogP contribution in [0.4, 0.5) is 5.69 Å². The Morgan fingerprint density at radius 3 is 2.57 bits per heavy atom. The van der Waals surface area contributed by atoms with Crippen LogP contribution in [0, 0.1) is 10.1 Å². The molecular formula is C14H11NO5S. The van der Waals surface area contributed by atoms with Crippen molar-refractivity contribution in [3.05, 3.63) is 58.1 Å². The van der Waals surface area contributed by atoms with Crippen LogP contribution in [-0.4, -0.2) is 22.3 Å². The number of aromatic carboxylic acids is 1. The summed E-state index contributed by atoms with van der Waals surface area (Å²) in [6.07, 6.45) is 1.85. The maximum Gasteiger partial charge on any atom is 0.339 e. The molecule has 7 heteroatoms. The van der Waals surface area contributed by atoms with E-state index < -0.39 is 10.9 Å². The maximum atomic E-state index is 11.2. The molecule has 0 atom stereocenters. The number of ether oxygens (including phenoxy) is 1. The lowest BCUT2D eigenvalue weighted by Crippen LogP contribution is -2.01. The highest BCUT2D eigenvalue weighted by molar-refractivity contribution is 7.98. The number of carbonyl (C=O) groups is 1. The van der Waals surface area contributed by atoms with Crippen molar-refractivity contribution in [2.24, 2.45) is 0 Å². The van der Waals surface area contributed by atoms with Crippen molar-refractivity contribution in [1.29, 1.82) is 0 Å². The Bertz CT molecular complexity index is 702. The number of benzene rings is 2. The van der Waals surface area contributed by atoms with Crippen molar-refractivity contribution < 1.29 is 19.6 Å². The van der Waals surface area contributed by atoms with Crippen LogP contribution < -0.4 is 4.74 Å². The van der Waals surface area contributed by atoms with Crippen molar-refractivity contribution in [2.45, 2.75) is 4.90 Å². The van der Waals surface area contributed by atoms with Gasteiger partial charge in [0.15, 0.2) is 0 Å². The smallest absolute Gasteiger partial charge is 0.339 e. The predicted molar refractivity (Wildman–Crippen MR) is 78.4 cm³/mol. The average molecular weight is 305 g/mol. The van der Waals surface area contributed by atoms with E-state index in [9.17, 15) is 14.9 Å². The number of thioether (sulfide) groups is 1. The van der Waals surface area contributed by atoms with Gasteiger partial charge in [-0.3, -0.25) is 10.1 Å². The van der Waals surface area contributed by atoms with Gasteiger partial charge in [-0.1, -0.05) is 12.1 Å². The number of hydrogen-bond donors (Lipinski definition) is 1. The van der Waals surface area contributed by atoms with Crippen molar-refractivity contribution in [3.63, 3.8) is 0 Å². The zero-order valence-corrected chi connectivity index (χ0v) is 11.8. The summed E-state index contributed by atoms with van der Waals surface area (Å²) in [7, 11) is 0. The summed E-state index contributed by atoms with van der Waals surface area (Å²) in [6.45, 7) is 0. The van der Waals surface area contributed by atoms with Gasteiger partial charge in [0.25, 0.3) is 5.69 Å². The third-order valence-electron chi connectivity index (χ3n) is 2.70. The summed E-state index contributed by atoms with van der Waals surface area (Å²) >= 11 is 1.43. The number of carboxylic acids is 1. The molecule has 0 saturated heterocycles. The molecule has 0 saturated carbocycles. The fourth-order valence-corrected chi connectivity index (χ4v) is 2.23. The highest BCUT2D eigenvalue weighted by Gasteiger charge is 2.18. The molecule has 0 aliphatic heterocycles. The highest BCUT2D eigenvalue weighted by atomic mass is 32.2. The molecule has 108 valence electrons. The van der Waals surface area contributed by atoms with Crippen LogP contribution in [0.15, 0.2) is 47.4 Å². The number of para-hydroxylation sites is 1. The number of carboxylic acid groups (broad SMARTS) is 1. The Labute approximate surface area is 124 Å². The lowest BCUT2D eigenvalue weighted by molar-refractivity contribution is -0.384. The zero-order chi connectivity index (χ0) is 15.4. The molecule has 0 bridgehead atoms. The molecule has 0 heterocycles. The summed E-state index contributed by atoms with van der Waals surface area (Å²) in [5, 5.41) is 20.0. The van der Waals surface area contributed by atoms with Gasteiger partial charge in [0.05, 0.1) is 11.0 Å². The van der Waals surface area contributed by atoms with Gasteiger partial charge in [0.2, 0.25) is 0 Å². The molecule has 0 aliphatic rings. The predicted octanol–water partition coefficient (Wildman–Crippen LogP) is 3.81. The zero-order valence-electron chi connectivity index (χ0n) is 11.0. The molecule has 0 aliphatic carbocycles. The van der Waals surface area contributed by atoms with E-state index in [1.54, 1.807) is 12.1 Å². The molecule has 0 aromatic heterocycles. The fraction of sp³-hybridized carbons (Fsp3) is 0.0714. The van der Waals surface area contributed by atoms with Crippen molar-refractivity contribution in [2.75, 3.05) is 6.26 Å². The lowest BCUT2D eigenvalue weighted by Gasteiger charge is -2.11. The van der Waals surface area contributed by atoms with E-state index in [1.807, 2.05) is 18.4 Å². The second kappa shape index (κ2) is 6.27. The van der Waals surface area contributed by atoms with E-state index in [2.05, 4.69) is 0 Å². The molecule has 2 aromatic carbocycles. The molecule has 0 spiro atoms. The number of nitrogens with zero attached hydrogens (tertiary/aromatic N) is 1. The van der Waals surface area contributed by atoms with Crippen LogP contribution in [0.1, 0.15) is 10.4 Å². The average Bonchev–Trinajstić information content (AvgIpc) is 2.47. The van der Waals surface area contributed by atoms with Gasteiger partial charge in [0.1, 0.15) is 17.1 Å².